The van der Waals surface area contributed by atoms with E-state index in [1.54, 1.807) is 0 Å². The number of imidazole rings is 1. The molecule has 2 heterocycles. The second-order valence-electron chi connectivity index (χ2n) is 5.72. The Morgan fingerprint density at radius 3 is 2.74 bits per heavy atom. The third-order valence-corrected chi connectivity index (χ3v) is 4.83. The zero-order chi connectivity index (χ0) is 16.2. The van der Waals surface area contributed by atoms with Gasteiger partial charge in [-0.1, -0.05) is 37.6 Å². The molecule has 0 saturated heterocycles. The molecule has 0 bridgehead atoms. The maximum Gasteiger partial charge on any atom is 0.255 e. The van der Waals surface area contributed by atoms with Crippen LogP contribution in [0.2, 0.25) is 10.3 Å². The SMILES string of the molecule is CCCCCn1c[n+](Cc2ccc3ccccc3n2)c(Cl)c1Cl. The number of hydrogen-bond donors (Lipinski definition) is 0. The van der Waals surface area contributed by atoms with E-state index in [1.165, 1.54) is 12.8 Å². The number of benzene rings is 1. The summed E-state index contributed by atoms with van der Waals surface area (Å²) in [5, 5.41) is 2.31. The molecule has 0 fully saturated rings. The molecule has 0 aliphatic rings. The Kier molecular flexibility index (Phi) is 5.19. The molecule has 0 amide bonds. The van der Waals surface area contributed by atoms with E-state index in [1.807, 2.05) is 39.7 Å². The van der Waals surface area contributed by atoms with Crippen LogP contribution in [0.4, 0.5) is 0 Å². The third-order valence-electron chi connectivity index (χ3n) is 3.94. The molecule has 2 aromatic heterocycles. The molecule has 120 valence electrons. The van der Waals surface area contributed by atoms with Crippen LogP contribution < -0.4 is 4.57 Å². The van der Waals surface area contributed by atoms with E-state index in [9.17, 15) is 0 Å². The zero-order valence-corrected chi connectivity index (χ0v) is 14.7. The lowest BCUT2D eigenvalue weighted by Gasteiger charge is -2.01. The van der Waals surface area contributed by atoms with Gasteiger partial charge in [0, 0.05) is 5.39 Å². The van der Waals surface area contributed by atoms with Crippen molar-refractivity contribution >= 4 is 34.1 Å². The van der Waals surface area contributed by atoms with Crippen LogP contribution in [-0.4, -0.2) is 9.55 Å². The van der Waals surface area contributed by atoms with Crippen molar-refractivity contribution in [1.82, 2.24) is 9.55 Å². The first-order valence-corrected chi connectivity index (χ1v) is 8.73. The number of unbranched alkanes of at least 4 members (excludes halogenated alkanes) is 2. The van der Waals surface area contributed by atoms with Crippen molar-refractivity contribution in [1.29, 1.82) is 0 Å². The third kappa shape index (κ3) is 3.67. The molecule has 0 aliphatic heterocycles. The van der Waals surface area contributed by atoms with Crippen LogP contribution in [0.1, 0.15) is 31.9 Å². The predicted molar refractivity (Wildman–Crippen MR) is 95.0 cm³/mol. The molecule has 0 unspecified atom stereocenters. The van der Waals surface area contributed by atoms with E-state index in [-0.39, 0.29) is 0 Å². The Morgan fingerprint density at radius 2 is 1.91 bits per heavy atom. The highest BCUT2D eigenvalue weighted by atomic mass is 35.5. The Balaban J connectivity index is 1.82. The molecule has 23 heavy (non-hydrogen) atoms. The van der Waals surface area contributed by atoms with E-state index >= 15 is 0 Å². The quantitative estimate of drug-likeness (QED) is 0.460. The first-order valence-electron chi connectivity index (χ1n) is 7.97. The van der Waals surface area contributed by atoms with Crippen molar-refractivity contribution in [3.8, 4) is 0 Å². The first kappa shape index (κ1) is 16.3. The van der Waals surface area contributed by atoms with Crippen LogP contribution >= 0.6 is 23.2 Å². The minimum atomic E-state index is 0.568. The van der Waals surface area contributed by atoms with Crippen molar-refractivity contribution in [3.05, 3.63) is 58.7 Å². The van der Waals surface area contributed by atoms with Crippen LogP contribution in [0.3, 0.4) is 0 Å². The lowest BCUT2D eigenvalue weighted by atomic mass is 10.2. The van der Waals surface area contributed by atoms with Crippen LogP contribution in [0, 0.1) is 0 Å². The van der Waals surface area contributed by atoms with Gasteiger partial charge in [-0.3, -0.25) is 0 Å². The topological polar surface area (TPSA) is 21.7 Å². The van der Waals surface area contributed by atoms with E-state index in [0.717, 1.165) is 29.6 Å². The summed E-state index contributed by atoms with van der Waals surface area (Å²) >= 11 is 12.7. The summed E-state index contributed by atoms with van der Waals surface area (Å²) in [7, 11) is 0. The van der Waals surface area contributed by atoms with Gasteiger partial charge in [0.15, 0.2) is 0 Å². The standard InChI is InChI=1S/C18H20Cl2N3/c1-2-3-6-11-22-13-23(18(20)17(22)19)12-15-10-9-14-7-4-5-8-16(14)21-15/h4-5,7-10,13H,2-3,6,11-12H2,1H3/q+1. The number of pyridine rings is 1. The summed E-state index contributed by atoms with van der Waals surface area (Å²) in [5.41, 5.74) is 1.97. The van der Waals surface area contributed by atoms with Gasteiger partial charge in [-0.05, 0) is 48.2 Å². The average molecular weight is 349 g/mol. The summed E-state index contributed by atoms with van der Waals surface area (Å²) in [4.78, 5) is 4.69. The summed E-state index contributed by atoms with van der Waals surface area (Å²) in [6.07, 6.45) is 5.47. The predicted octanol–water partition coefficient (Wildman–Crippen LogP) is 4.87. The molecule has 0 aliphatic carbocycles. The van der Waals surface area contributed by atoms with Gasteiger partial charge in [0.2, 0.25) is 6.33 Å². The molecule has 0 N–H and O–H groups in total. The normalized spacial score (nSPS) is 11.3. The van der Waals surface area contributed by atoms with Crippen LogP contribution in [0.25, 0.3) is 10.9 Å². The highest BCUT2D eigenvalue weighted by Gasteiger charge is 2.20. The number of aromatic nitrogens is 3. The molecule has 1 aromatic carbocycles. The minimum Gasteiger partial charge on any atom is -0.249 e. The maximum atomic E-state index is 6.38. The van der Waals surface area contributed by atoms with Crippen LogP contribution in [0.15, 0.2) is 42.7 Å². The Morgan fingerprint density at radius 1 is 1.09 bits per heavy atom. The van der Waals surface area contributed by atoms with Crippen molar-refractivity contribution in [2.24, 2.45) is 0 Å². The Labute approximate surface area is 146 Å². The van der Waals surface area contributed by atoms with Gasteiger partial charge in [-0.15, -0.1) is 0 Å². The van der Waals surface area contributed by atoms with Crippen molar-refractivity contribution in [3.63, 3.8) is 0 Å². The molecule has 0 saturated carbocycles. The molecule has 0 atom stereocenters. The van der Waals surface area contributed by atoms with Gasteiger partial charge in [-0.2, -0.15) is 0 Å². The van der Waals surface area contributed by atoms with Gasteiger partial charge in [0.05, 0.1) is 17.8 Å². The number of fused-ring (bicyclic) bond motifs is 1. The molecule has 0 radical (unpaired) electrons. The molecule has 5 heteroatoms. The summed E-state index contributed by atoms with van der Waals surface area (Å²) in [6, 6.07) is 12.2. The van der Waals surface area contributed by atoms with Crippen molar-refractivity contribution in [2.75, 3.05) is 0 Å². The van der Waals surface area contributed by atoms with Crippen LogP contribution in [0.5, 0.6) is 0 Å². The molecular formula is C18H20Cl2N3+. The van der Waals surface area contributed by atoms with E-state index in [2.05, 4.69) is 19.1 Å². The number of halogens is 2. The lowest BCUT2D eigenvalue weighted by Crippen LogP contribution is -2.33. The summed E-state index contributed by atoms with van der Waals surface area (Å²) < 4.78 is 3.97. The number of nitrogens with zero attached hydrogens (tertiary/aromatic N) is 3. The summed E-state index contributed by atoms with van der Waals surface area (Å²) in [5.74, 6) is 0. The number of hydrogen-bond acceptors (Lipinski definition) is 1. The fourth-order valence-corrected chi connectivity index (χ4v) is 3.12. The Hall–Kier alpha value is -1.58. The maximum absolute atomic E-state index is 6.38. The van der Waals surface area contributed by atoms with Gasteiger partial charge in [0.25, 0.3) is 10.3 Å². The van der Waals surface area contributed by atoms with E-state index in [0.29, 0.717) is 16.9 Å². The average Bonchev–Trinajstić information content (AvgIpc) is 2.83. The van der Waals surface area contributed by atoms with Crippen molar-refractivity contribution in [2.45, 2.75) is 39.3 Å². The highest BCUT2D eigenvalue weighted by molar-refractivity contribution is 6.39. The zero-order valence-electron chi connectivity index (χ0n) is 13.2. The number of rotatable bonds is 6. The molecular weight excluding hydrogens is 329 g/mol. The molecule has 0 spiro atoms. The second kappa shape index (κ2) is 7.33. The molecule has 3 rings (SSSR count). The molecule has 3 aromatic rings. The fourth-order valence-electron chi connectivity index (χ4n) is 2.68. The van der Waals surface area contributed by atoms with Gasteiger partial charge < -0.3 is 0 Å². The van der Waals surface area contributed by atoms with E-state index < -0.39 is 0 Å². The Bertz CT molecular complexity index is 811. The molecule has 3 nitrogen and oxygen atoms in total. The lowest BCUT2D eigenvalue weighted by molar-refractivity contribution is -0.686. The number of para-hydroxylation sites is 1. The minimum absolute atomic E-state index is 0.568. The number of aryl methyl sites for hydroxylation is 1. The second-order valence-corrected chi connectivity index (χ2v) is 6.44. The van der Waals surface area contributed by atoms with Gasteiger partial charge in [-0.25, -0.2) is 14.1 Å². The van der Waals surface area contributed by atoms with Gasteiger partial charge in [0.1, 0.15) is 6.54 Å². The highest BCUT2D eigenvalue weighted by Crippen LogP contribution is 2.20. The van der Waals surface area contributed by atoms with E-state index in [4.69, 9.17) is 28.2 Å². The van der Waals surface area contributed by atoms with Crippen LogP contribution in [-0.2, 0) is 13.1 Å². The van der Waals surface area contributed by atoms with Crippen molar-refractivity contribution < 1.29 is 4.57 Å². The summed E-state index contributed by atoms with van der Waals surface area (Å²) in [6.45, 7) is 3.70. The smallest absolute Gasteiger partial charge is 0.249 e. The van der Waals surface area contributed by atoms with Gasteiger partial charge >= 0.3 is 0 Å². The largest absolute Gasteiger partial charge is 0.255 e. The first-order chi connectivity index (χ1) is 11.2. The monoisotopic (exact) mass is 348 g/mol. The fraction of sp³-hybridized carbons (Fsp3) is 0.333.